The lowest BCUT2D eigenvalue weighted by Crippen LogP contribution is -2.50. The fourth-order valence-corrected chi connectivity index (χ4v) is 2.44. The van der Waals surface area contributed by atoms with Gasteiger partial charge in [0.25, 0.3) is 0 Å². The van der Waals surface area contributed by atoms with Gasteiger partial charge < -0.3 is 40.5 Å². The zero-order valence-electron chi connectivity index (χ0n) is 15.4. The minimum absolute atomic E-state index is 0.0726. The Kier molecular flexibility index (Phi) is 9.13. The molecule has 0 heterocycles. The Bertz CT molecular complexity index is 651. The van der Waals surface area contributed by atoms with Crippen molar-refractivity contribution in [3.8, 4) is 17.2 Å². The van der Waals surface area contributed by atoms with Gasteiger partial charge in [-0.25, -0.2) is 4.79 Å². The number of benzene rings is 1. The number of aliphatic hydroxyl groups excluding tert-OH is 4. The number of hydrogen-bond acceptors (Lipinski definition) is 10. The minimum atomic E-state index is -2.03. The number of phenols is 3. The number of ether oxygens (including phenoxy) is 1. The van der Waals surface area contributed by atoms with Crippen LogP contribution in [0.1, 0.15) is 43.0 Å². The number of aromatic hydroxyl groups is 3. The number of unbranched alkanes of at least 4 members (excludes halogenated alkanes) is 2. The van der Waals surface area contributed by atoms with Gasteiger partial charge in [0.15, 0.2) is 29.1 Å². The molecule has 1 aromatic rings. The van der Waals surface area contributed by atoms with Crippen molar-refractivity contribution in [3.05, 3.63) is 17.7 Å². The van der Waals surface area contributed by atoms with Gasteiger partial charge >= 0.3 is 5.97 Å². The summed E-state index contributed by atoms with van der Waals surface area (Å²) in [6, 6.07) is 1.56. The van der Waals surface area contributed by atoms with Crippen molar-refractivity contribution in [2.24, 2.45) is 0 Å². The highest BCUT2D eigenvalue weighted by molar-refractivity contribution is 5.94. The van der Waals surface area contributed by atoms with Gasteiger partial charge in [-0.05, 0) is 18.6 Å². The van der Waals surface area contributed by atoms with Crippen molar-refractivity contribution in [1.29, 1.82) is 0 Å². The lowest BCUT2D eigenvalue weighted by Gasteiger charge is -2.28. The average Bonchev–Trinajstić information content (AvgIpc) is 2.67. The second kappa shape index (κ2) is 10.8. The van der Waals surface area contributed by atoms with Gasteiger partial charge in [-0.2, -0.15) is 0 Å². The highest BCUT2D eigenvalue weighted by atomic mass is 16.6. The van der Waals surface area contributed by atoms with E-state index in [4.69, 9.17) is 9.84 Å². The molecule has 0 spiro atoms. The smallest absolute Gasteiger partial charge is 0.339 e. The Morgan fingerprint density at radius 3 is 2.07 bits per heavy atom. The predicted molar refractivity (Wildman–Crippen MR) is 94.9 cm³/mol. The number of phenolic OH excluding ortho intramolecular Hbond substituents is 3. The van der Waals surface area contributed by atoms with Crippen LogP contribution in [0, 0.1) is 0 Å². The van der Waals surface area contributed by atoms with Gasteiger partial charge in [-0.3, -0.25) is 4.79 Å². The van der Waals surface area contributed by atoms with Crippen LogP contribution in [-0.4, -0.2) is 78.5 Å². The molecule has 4 atom stereocenters. The molecule has 0 aliphatic heterocycles. The van der Waals surface area contributed by atoms with Crippen molar-refractivity contribution in [1.82, 2.24) is 0 Å². The number of Topliss-reactive ketones (excluding diaryl/α,β-unsaturated/α-hetero) is 1. The number of aliphatic hydroxyl groups is 4. The Morgan fingerprint density at radius 2 is 1.57 bits per heavy atom. The summed E-state index contributed by atoms with van der Waals surface area (Å²) in [6.45, 7) is 1.00. The maximum absolute atomic E-state index is 12.4. The van der Waals surface area contributed by atoms with Crippen LogP contribution < -0.4 is 0 Å². The van der Waals surface area contributed by atoms with E-state index in [1.165, 1.54) is 0 Å². The first-order valence-electron chi connectivity index (χ1n) is 8.77. The monoisotopic (exact) mass is 402 g/mol. The van der Waals surface area contributed by atoms with E-state index in [0.29, 0.717) is 12.8 Å². The predicted octanol–water partition coefficient (Wildman–Crippen LogP) is -0.447. The Balaban J connectivity index is 3.06. The van der Waals surface area contributed by atoms with Gasteiger partial charge in [0.05, 0.1) is 12.2 Å². The van der Waals surface area contributed by atoms with E-state index in [1.807, 2.05) is 6.92 Å². The van der Waals surface area contributed by atoms with Gasteiger partial charge in [0.1, 0.15) is 18.3 Å². The summed E-state index contributed by atoms with van der Waals surface area (Å²) < 4.78 is 4.96. The molecule has 1 aromatic carbocycles. The third kappa shape index (κ3) is 6.06. The van der Waals surface area contributed by atoms with Crippen LogP contribution in [-0.2, 0) is 9.53 Å². The topological polar surface area (TPSA) is 185 Å². The number of esters is 1. The molecule has 0 saturated carbocycles. The van der Waals surface area contributed by atoms with Crippen LogP contribution in [0.25, 0.3) is 0 Å². The number of hydrogen-bond donors (Lipinski definition) is 7. The quantitative estimate of drug-likeness (QED) is 0.145. The van der Waals surface area contributed by atoms with Gasteiger partial charge in [-0.1, -0.05) is 19.8 Å². The molecule has 0 fully saturated rings. The third-order valence-corrected chi connectivity index (χ3v) is 4.12. The second-order valence-electron chi connectivity index (χ2n) is 6.34. The first-order chi connectivity index (χ1) is 13.1. The Morgan fingerprint density at radius 1 is 1.00 bits per heavy atom. The van der Waals surface area contributed by atoms with Gasteiger partial charge in [0.2, 0.25) is 0 Å². The van der Waals surface area contributed by atoms with Crippen LogP contribution in [0.5, 0.6) is 17.2 Å². The van der Waals surface area contributed by atoms with Crippen molar-refractivity contribution < 1.29 is 50.1 Å². The van der Waals surface area contributed by atoms with E-state index in [0.717, 1.165) is 18.6 Å². The molecule has 0 aromatic heterocycles. The normalized spacial score (nSPS) is 15.5. The first-order valence-corrected chi connectivity index (χ1v) is 8.77. The van der Waals surface area contributed by atoms with Crippen molar-refractivity contribution in [2.45, 2.75) is 57.0 Å². The third-order valence-electron chi connectivity index (χ3n) is 4.12. The van der Waals surface area contributed by atoms with Crippen molar-refractivity contribution >= 4 is 11.8 Å². The van der Waals surface area contributed by atoms with Gasteiger partial charge in [-0.15, -0.1) is 0 Å². The Labute approximate surface area is 161 Å². The average molecular weight is 402 g/mol. The lowest BCUT2D eigenvalue weighted by atomic mass is 9.97. The van der Waals surface area contributed by atoms with Crippen molar-refractivity contribution in [2.75, 3.05) is 6.61 Å². The molecule has 0 bridgehead atoms. The fourth-order valence-electron chi connectivity index (χ4n) is 2.44. The molecule has 1 rings (SSSR count). The largest absolute Gasteiger partial charge is 0.504 e. The van der Waals surface area contributed by atoms with E-state index >= 15 is 0 Å². The van der Waals surface area contributed by atoms with E-state index < -0.39 is 65.6 Å². The maximum Gasteiger partial charge on any atom is 0.339 e. The molecular formula is C18H26O10. The number of carbonyl (C=O) groups excluding carboxylic acids is 2. The number of carbonyl (C=O) groups is 2. The van der Waals surface area contributed by atoms with Crippen LogP contribution in [0.15, 0.2) is 12.1 Å². The highest BCUT2D eigenvalue weighted by Gasteiger charge is 2.38. The zero-order chi connectivity index (χ0) is 21.4. The Hall–Kier alpha value is -2.40. The van der Waals surface area contributed by atoms with E-state index in [9.17, 15) is 40.2 Å². The first kappa shape index (κ1) is 23.6. The standard InChI is InChI=1S/C18H26O10/c1-2-3-4-5-10(20)17(16(26)15(25)13(23)8-19)28-18(27)9-6-11(21)14(24)12(22)7-9/h6-7,13,15-17,19,21-26H,2-5,8H2,1H3. The fraction of sp³-hybridized carbons (Fsp3) is 0.556. The van der Waals surface area contributed by atoms with Crippen LogP contribution >= 0.6 is 0 Å². The summed E-state index contributed by atoms with van der Waals surface area (Å²) in [7, 11) is 0. The second-order valence-corrected chi connectivity index (χ2v) is 6.34. The van der Waals surface area contributed by atoms with E-state index in [2.05, 4.69) is 0 Å². The maximum atomic E-state index is 12.4. The van der Waals surface area contributed by atoms with E-state index in [1.54, 1.807) is 0 Å². The number of rotatable bonds is 11. The van der Waals surface area contributed by atoms with Gasteiger partial charge in [0, 0.05) is 6.42 Å². The number of ketones is 1. The van der Waals surface area contributed by atoms with Crippen LogP contribution in [0.3, 0.4) is 0 Å². The molecule has 0 amide bonds. The summed E-state index contributed by atoms with van der Waals surface area (Å²) in [5.41, 5.74) is -0.427. The van der Waals surface area contributed by atoms with Crippen molar-refractivity contribution in [3.63, 3.8) is 0 Å². The molecule has 0 aliphatic rings. The minimum Gasteiger partial charge on any atom is -0.504 e. The lowest BCUT2D eigenvalue weighted by molar-refractivity contribution is -0.148. The molecule has 0 radical (unpaired) electrons. The molecule has 0 aliphatic carbocycles. The highest BCUT2D eigenvalue weighted by Crippen LogP contribution is 2.35. The van der Waals surface area contributed by atoms with Crippen LogP contribution in [0.4, 0.5) is 0 Å². The SMILES string of the molecule is CCCCCC(=O)C(OC(=O)c1cc(O)c(O)c(O)c1)C(O)C(O)C(O)CO. The zero-order valence-corrected chi connectivity index (χ0v) is 15.4. The molecule has 10 nitrogen and oxygen atoms in total. The molecular weight excluding hydrogens is 376 g/mol. The summed E-state index contributed by atoms with van der Waals surface area (Å²) in [6.07, 6.45) is -5.77. The van der Waals surface area contributed by atoms with Crippen LogP contribution in [0.2, 0.25) is 0 Å². The molecule has 158 valence electrons. The molecule has 7 N–H and O–H groups in total. The summed E-state index contributed by atoms with van der Waals surface area (Å²) >= 11 is 0. The molecule has 0 saturated heterocycles. The summed E-state index contributed by atoms with van der Waals surface area (Å²) in [4.78, 5) is 24.7. The molecule has 4 unspecified atom stereocenters. The molecule has 28 heavy (non-hydrogen) atoms. The summed E-state index contributed by atoms with van der Waals surface area (Å²) in [5.74, 6) is -4.43. The van der Waals surface area contributed by atoms with E-state index in [-0.39, 0.29) is 6.42 Å². The molecule has 10 heteroatoms. The summed E-state index contributed by atoms with van der Waals surface area (Å²) in [5, 5.41) is 66.7.